The lowest BCUT2D eigenvalue weighted by Crippen LogP contribution is -2.08. The number of nitrogens with one attached hydrogen (secondary N) is 1. The zero-order valence-electron chi connectivity index (χ0n) is 36.2. The molecule has 346 valence electrons. The Hall–Kier alpha value is -7.88. The number of phenols is 1. The number of azo groups is 3. The zero-order chi connectivity index (χ0) is 48.0. The van der Waals surface area contributed by atoms with E-state index in [1.54, 1.807) is 55.6 Å². The van der Waals surface area contributed by atoms with E-state index >= 15 is 0 Å². The maximum absolute atomic E-state index is 12.2. The van der Waals surface area contributed by atoms with Crippen LogP contribution < -0.4 is 19.5 Å². The highest BCUT2D eigenvalue weighted by Crippen LogP contribution is 2.42. The van der Waals surface area contributed by atoms with Crippen molar-refractivity contribution in [3.8, 4) is 23.0 Å². The number of hydrogen-bond acceptors (Lipinski definition) is 16. The van der Waals surface area contributed by atoms with E-state index in [-0.39, 0.29) is 52.7 Å². The highest BCUT2D eigenvalue weighted by Gasteiger charge is 2.16. The van der Waals surface area contributed by atoms with Gasteiger partial charge < -0.3 is 29.7 Å². The van der Waals surface area contributed by atoms with Crippen LogP contribution in [0.1, 0.15) is 12.0 Å². The predicted molar refractivity (Wildman–Crippen MR) is 258 cm³/mol. The molecular formula is C48H41N7O11S2. The van der Waals surface area contributed by atoms with E-state index in [9.17, 15) is 31.6 Å². The number of phenolic OH excluding ortho intramolecular Hbond substituents is 1. The number of aliphatic hydroxyl groups is 1. The summed E-state index contributed by atoms with van der Waals surface area (Å²) in [5.41, 5.74) is 3.51. The minimum atomic E-state index is -4.64. The number of aromatic hydroxyl groups is 1. The van der Waals surface area contributed by atoms with Gasteiger partial charge in [0.15, 0.2) is 5.75 Å². The van der Waals surface area contributed by atoms with E-state index in [1.165, 1.54) is 37.4 Å². The Balaban J connectivity index is 1.05. The van der Waals surface area contributed by atoms with Gasteiger partial charge in [0.1, 0.15) is 28.6 Å². The Bertz CT molecular complexity index is 3530. The molecule has 0 heterocycles. The van der Waals surface area contributed by atoms with Crippen LogP contribution in [0.5, 0.6) is 23.0 Å². The van der Waals surface area contributed by atoms with E-state index in [1.807, 2.05) is 54.6 Å². The highest BCUT2D eigenvalue weighted by molar-refractivity contribution is 7.86. The highest BCUT2D eigenvalue weighted by atomic mass is 32.2. The predicted octanol–water partition coefficient (Wildman–Crippen LogP) is 12.3. The third-order valence-corrected chi connectivity index (χ3v) is 12.2. The average Bonchev–Trinajstić information content (AvgIpc) is 3.33. The second kappa shape index (κ2) is 19.9. The van der Waals surface area contributed by atoms with Crippen LogP contribution in [0.2, 0.25) is 0 Å². The van der Waals surface area contributed by atoms with E-state index < -0.39 is 37.5 Å². The summed E-state index contributed by atoms with van der Waals surface area (Å²) < 4.78 is 82.4. The summed E-state index contributed by atoms with van der Waals surface area (Å²) in [5.74, 6) is 0.906. The molecular weight excluding hydrogens is 915 g/mol. The van der Waals surface area contributed by atoms with Crippen molar-refractivity contribution < 1.29 is 50.4 Å². The van der Waals surface area contributed by atoms with Crippen molar-refractivity contribution in [2.45, 2.75) is 17.9 Å². The average molecular weight is 956 g/mol. The second-order valence-electron chi connectivity index (χ2n) is 15.1. The Morgan fingerprint density at radius 1 is 0.559 bits per heavy atom. The maximum atomic E-state index is 12.2. The zero-order valence-corrected chi connectivity index (χ0v) is 37.8. The van der Waals surface area contributed by atoms with Gasteiger partial charge in [-0.2, -0.15) is 27.1 Å². The molecule has 8 rings (SSSR count). The SMILES string of the molecule is COc1ccc(Nc2ccc3c(O)c(N=Nc4cc(CO)c(N=Nc5ccc(N=Nc6ccc7cccc(OCCCS(=O)(=O)O)c7c6)c6ccc(S(=O)(=O)O)cc56)cc4OC)ccc3c2)cc1. The Labute approximate surface area is 389 Å². The summed E-state index contributed by atoms with van der Waals surface area (Å²) in [6, 6.07) is 37.2. The number of benzene rings is 8. The molecule has 8 aromatic rings. The van der Waals surface area contributed by atoms with Crippen molar-refractivity contribution in [1.82, 2.24) is 0 Å². The number of anilines is 2. The lowest BCUT2D eigenvalue weighted by molar-refractivity contribution is 0.282. The monoisotopic (exact) mass is 955 g/mol. The van der Waals surface area contributed by atoms with Gasteiger partial charge in [-0.25, -0.2) is 0 Å². The minimum Gasteiger partial charge on any atom is -0.505 e. The molecule has 0 atom stereocenters. The number of hydrogen-bond donors (Lipinski definition) is 5. The number of fused-ring (bicyclic) bond motifs is 3. The largest absolute Gasteiger partial charge is 0.505 e. The molecule has 0 bridgehead atoms. The van der Waals surface area contributed by atoms with Gasteiger partial charge in [0, 0.05) is 44.5 Å². The van der Waals surface area contributed by atoms with Gasteiger partial charge in [-0.05, 0) is 114 Å². The lowest BCUT2D eigenvalue weighted by atomic mass is 10.1. The van der Waals surface area contributed by atoms with Crippen molar-refractivity contribution in [1.29, 1.82) is 0 Å². The van der Waals surface area contributed by atoms with Crippen molar-refractivity contribution in [2.24, 2.45) is 30.7 Å². The summed E-state index contributed by atoms with van der Waals surface area (Å²) in [7, 11) is -5.74. The number of ether oxygens (including phenoxy) is 3. The molecule has 0 saturated heterocycles. The summed E-state index contributed by atoms with van der Waals surface area (Å²) in [4.78, 5) is -0.398. The first-order chi connectivity index (χ1) is 32.7. The van der Waals surface area contributed by atoms with Gasteiger partial charge in [-0.15, -0.1) is 20.5 Å². The first-order valence-electron chi connectivity index (χ1n) is 20.6. The standard InChI is InChI=1S/C48H41N7O11S2/c1-64-35-13-10-32(11-14-35)49-33-12-16-37-30(23-33)8-18-43(48(37)57)53-55-45-24-31(28-56)44(27-47(45)65-2)54-52-42-20-19-41(38-17-15-36(26-40(38)42)68(61,62)63)51-50-34-9-7-29-5-3-6-46(39(29)25-34)66-21-4-22-67(58,59)60/h3,5-20,23-27,49,56-57H,4,21-22,28H2,1-2H3,(H,58,59,60)(H,61,62,63). The number of aliphatic hydroxyl groups excluding tert-OH is 1. The van der Waals surface area contributed by atoms with Crippen LogP contribution in [0.3, 0.4) is 0 Å². The smallest absolute Gasteiger partial charge is 0.294 e. The van der Waals surface area contributed by atoms with Crippen LogP contribution in [0.15, 0.2) is 169 Å². The van der Waals surface area contributed by atoms with Crippen LogP contribution >= 0.6 is 0 Å². The first kappa shape index (κ1) is 46.6. The van der Waals surface area contributed by atoms with E-state index in [2.05, 4.69) is 36.0 Å². The van der Waals surface area contributed by atoms with Crippen LogP contribution in [-0.2, 0) is 26.8 Å². The second-order valence-corrected chi connectivity index (χ2v) is 18.1. The van der Waals surface area contributed by atoms with Gasteiger partial charge in [-0.3, -0.25) is 9.11 Å². The van der Waals surface area contributed by atoms with Crippen LogP contribution in [-0.4, -0.2) is 62.7 Å². The molecule has 0 fully saturated rings. The molecule has 0 aliphatic heterocycles. The molecule has 8 aromatic carbocycles. The maximum Gasteiger partial charge on any atom is 0.294 e. The molecule has 0 aromatic heterocycles. The molecule has 0 aliphatic carbocycles. The Morgan fingerprint density at radius 2 is 1.24 bits per heavy atom. The lowest BCUT2D eigenvalue weighted by Gasteiger charge is -2.10. The molecule has 20 heteroatoms. The number of rotatable bonds is 17. The number of nitrogens with zero attached hydrogens (tertiary/aromatic N) is 6. The van der Waals surface area contributed by atoms with Gasteiger partial charge in [0.2, 0.25) is 0 Å². The molecule has 18 nitrogen and oxygen atoms in total. The van der Waals surface area contributed by atoms with E-state index in [0.29, 0.717) is 38.8 Å². The molecule has 0 spiro atoms. The van der Waals surface area contributed by atoms with Crippen molar-refractivity contribution >= 4 is 98.1 Å². The van der Waals surface area contributed by atoms with E-state index in [4.69, 9.17) is 18.8 Å². The first-order valence-corrected chi connectivity index (χ1v) is 23.6. The van der Waals surface area contributed by atoms with Gasteiger partial charge in [0.05, 0.1) is 60.8 Å². The summed E-state index contributed by atoms with van der Waals surface area (Å²) in [6.07, 6.45) is 0.0842. The van der Waals surface area contributed by atoms with Crippen LogP contribution in [0.25, 0.3) is 32.3 Å². The van der Waals surface area contributed by atoms with Gasteiger partial charge in [0.25, 0.3) is 20.2 Å². The topological polar surface area (TPSA) is 263 Å². The minimum absolute atomic E-state index is 0.0465. The Morgan fingerprint density at radius 3 is 1.97 bits per heavy atom. The van der Waals surface area contributed by atoms with Gasteiger partial charge >= 0.3 is 0 Å². The quantitative estimate of drug-likeness (QED) is 0.0324. The summed E-state index contributed by atoms with van der Waals surface area (Å²) >= 11 is 0. The van der Waals surface area contributed by atoms with Crippen LogP contribution in [0, 0.1) is 0 Å². The molecule has 0 radical (unpaired) electrons. The van der Waals surface area contributed by atoms with E-state index in [0.717, 1.165) is 27.9 Å². The van der Waals surface area contributed by atoms with Crippen molar-refractivity contribution in [3.05, 3.63) is 139 Å². The van der Waals surface area contributed by atoms with Crippen molar-refractivity contribution in [2.75, 3.05) is 31.9 Å². The van der Waals surface area contributed by atoms with Gasteiger partial charge in [-0.1, -0.05) is 30.3 Å². The normalized spacial score (nSPS) is 12.2. The molecule has 0 unspecified atom stereocenters. The van der Waals surface area contributed by atoms with Crippen molar-refractivity contribution in [3.63, 3.8) is 0 Å². The summed E-state index contributed by atoms with van der Waals surface area (Å²) in [5, 5.41) is 54.7. The molecule has 0 amide bonds. The fourth-order valence-electron chi connectivity index (χ4n) is 7.17. The molecule has 0 aliphatic rings. The third-order valence-electron chi connectivity index (χ3n) is 10.6. The summed E-state index contributed by atoms with van der Waals surface area (Å²) in [6.45, 7) is -0.441. The molecule has 68 heavy (non-hydrogen) atoms. The molecule has 5 N–H and O–H groups in total. The van der Waals surface area contributed by atoms with Crippen LogP contribution in [0.4, 0.5) is 45.5 Å². The fourth-order valence-corrected chi connectivity index (χ4v) is 8.15. The Kier molecular flexibility index (Phi) is 13.7. The number of methoxy groups -OCH3 is 2. The fraction of sp³-hybridized carbons (Fsp3) is 0.125. The third kappa shape index (κ3) is 10.9. The molecule has 0 saturated carbocycles.